The Kier molecular flexibility index (Phi) is 3.80. The van der Waals surface area contributed by atoms with E-state index in [1.165, 1.54) is 0 Å². The fourth-order valence-corrected chi connectivity index (χ4v) is 2.04. The van der Waals surface area contributed by atoms with Crippen LogP contribution in [0.2, 0.25) is 5.02 Å². The zero-order valence-corrected chi connectivity index (χ0v) is 9.74. The molecule has 1 saturated heterocycles. The van der Waals surface area contributed by atoms with Crippen LogP contribution in [0.15, 0.2) is 18.2 Å². The Hall–Kier alpha value is -1.06. The summed E-state index contributed by atoms with van der Waals surface area (Å²) in [4.78, 5) is 13.1. The largest absolute Gasteiger partial charge is 0.380 e. The quantitative estimate of drug-likeness (QED) is 0.743. The second kappa shape index (κ2) is 5.32. The maximum absolute atomic E-state index is 11.0. The van der Waals surface area contributed by atoms with Crippen LogP contribution in [0.5, 0.6) is 0 Å². The van der Waals surface area contributed by atoms with Crippen LogP contribution in [0.3, 0.4) is 0 Å². The summed E-state index contributed by atoms with van der Waals surface area (Å²) >= 11 is 5.96. The normalized spacial score (nSPS) is 16.9. The van der Waals surface area contributed by atoms with E-state index in [9.17, 15) is 4.79 Å². The van der Waals surface area contributed by atoms with E-state index < -0.39 is 0 Å². The second-order valence-electron chi connectivity index (χ2n) is 3.77. The molecule has 1 aromatic rings. The van der Waals surface area contributed by atoms with Crippen molar-refractivity contribution in [1.82, 2.24) is 0 Å². The number of carbonyl (C=O) groups excluding carboxylic acids is 1. The monoisotopic (exact) mass is 239 g/mol. The Bertz CT molecular complexity index is 373. The van der Waals surface area contributed by atoms with Crippen LogP contribution in [0.4, 0.5) is 5.69 Å². The fraction of sp³-hybridized carbons (Fsp3) is 0.417. The van der Waals surface area contributed by atoms with Crippen LogP contribution in [-0.2, 0) is 4.74 Å². The molecule has 0 amide bonds. The molecule has 86 valence electrons. The Morgan fingerprint density at radius 3 is 3.00 bits per heavy atom. The van der Waals surface area contributed by atoms with Crippen molar-refractivity contribution in [3.8, 4) is 0 Å². The molecule has 2 rings (SSSR count). The molecule has 0 bridgehead atoms. The van der Waals surface area contributed by atoms with Crippen LogP contribution in [0, 0.1) is 0 Å². The van der Waals surface area contributed by atoms with E-state index in [1.807, 2.05) is 6.07 Å². The highest BCUT2D eigenvalue weighted by Crippen LogP contribution is 2.24. The van der Waals surface area contributed by atoms with Gasteiger partial charge in [-0.25, -0.2) is 0 Å². The number of ether oxygens (including phenoxy) is 1. The first-order chi connectivity index (χ1) is 7.81. The molecular formula is C12H14ClNO2. The third-order valence-electron chi connectivity index (χ3n) is 2.68. The van der Waals surface area contributed by atoms with Gasteiger partial charge < -0.3 is 9.64 Å². The maximum atomic E-state index is 11.0. The van der Waals surface area contributed by atoms with E-state index in [0.29, 0.717) is 17.2 Å². The molecule has 1 aromatic carbocycles. The third kappa shape index (κ3) is 2.54. The van der Waals surface area contributed by atoms with Crippen molar-refractivity contribution >= 4 is 23.6 Å². The van der Waals surface area contributed by atoms with Gasteiger partial charge in [-0.05, 0) is 24.6 Å². The van der Waals surface area contributed by atoms with Gasteiger partial charge in [0.1, 0.15) is 0 Å². The molecule has 0 aromatic heterocycles. The van der Waals surface area contributed by atoms with Gasteiger partial charge in [0.25, 0.3) is 0 Å². The van der Waals surface area contributed by atoms with E-state index in [1.54, 1.807) is 12.1 Å². The van der Waals surface area contributed by atoms with Gasteiger partial charge in [-0.2, -0.15) is 0 Å². The minimum Gasteiger partial charge on any atom is -0.380 e. The molecule has 0 spiro atoms. The van der Waals surface area contributed by atoms with Crippen LogP contribution in [0.25, 0.3) is 0 Å². The topological polar surface area (TPSA) is 29.5 Å². The van der Waals surface area contributed by atoms with Gasteiger partial charge in [0.2, 0.25) is 0 Å². The van der Waals surface area contributed by atoms with Crippen molar-refractivity contribution < 1.29 is 9.53 Å². The summed E-state index contributed by atoms with van der Waals surface area (Å²) in [5, 5.41) is 0.658. The molecule has 4 heteroatoms. The SMILES string of the molecule is O=Cc1ccc(Cl)cc1N1CCCOCC1. The highest BCUT2D eigenvalue weighted by atomic mass is 35.5. The molecule has 0 saturated carbocycles. The lowest BCUT2D eigenvalue weighted by Crippen LogP contribution is -2.26. The lowest BCUT2D eigenvalue weighted by Gasteiger charge is -2.23. The van der Waals surface area contributed by atoms with Gasteiger partial charge >= 0.3 is 0 Å². The minimum atomic E-state index is 0.658. The van der Waals surface area contributed by atoms with Crippen molar-refractivity contribution in [3.05, 3.63) is 28.8 Å². The maximum Gasteiger partial charge on any atom is 0.152 e. The number of hydrogen-bond acceptors (Lipinski definition) is 3. The van der Waals surface area contributed by atoms with E-state index >= 15 is 0 Å². The lowest BCUT2D eigenvalue weighted by molar-refractivity contribution is 0.112. The van der Waals surface area contributed by atoms with Gasteiger partial charge in [0, 0.05) is 36.0 Å². The van der Waals surface area contributed by atoms with Crippen LogP contribution in [-0.4, -0.2) is 32.6 Å². The third-order valence-corrected chi connectivity index (χ3v) is 2.92. The molecule has 1 fully saturated rings. The molecular weight excluding hydrogens is 226 g/mol. The smallest absolute Gasteiger partial charge is 0.152 e. The molecule has 0 atom stereocenters. The van der Waals surface area contributed by atoms with Gasteiger partial charge in [0.05, 0.1) is 6.61 Å². The molecule has 1 heterocycles. The number of carbonyl (C=O) groups is 1. The first-order valence-electron chi connectivity index (χ1n) is 5.38. The molecule has 1 aliphatic rings. The Labute approximate surface area is 100.0 Å². The number of rotatable bonds is 2. The molecule has 3 nitrogen and oxygen atoms in total. The first kappa shape index (κ1) is 11.4. The molecule has 0 unspecified atom stereocenters. The highest BCUT2D eigenvalue weighted by molar-refractivity contribution is 6.31. The van der Waals surface area contributed by atoms with Gasteiger partial charge in [-0.15, -0.1) is 0 Å². The summed E-state index contributed by atoms with van der Waals surface area (Å²) in [5.41, 5.74) is 1.60. The van der Waals surface area contributed by atoms with Crippen molar-refractivity contribution in [2.24, 2.45) is 0 Å². The molecule has 16 heavy (non-hydrogen) atoms. The number of aldehydes is 1. The molecule has 0 aliphatic carbocycles. The summed E-state index contributed by atoms with van der Waals surface area (Å²) in [6.45, 7) is 3.20. The second-order valence-corrected chi connectivity index (χ2v) is 4.21. The average Bonchev–Trinajstić information content (AvgIpc) is 2.57. The van der Waals surface area contributed by atoms with Gasteiger partial charge in [0.15, 0.2) is 6.29 Å². The summed E-state index contributed by atoms with van der Waals surface area (Å²) in [6.07, 6.45) is 1.85. The summed E-state index contributed by atoms with van der Waals surface area (Å²) in [7, 11) is 0. The summed E-state index contributed by atoms with van der Waals surface area (Å²) < 4.78 is 5.39. The van der Waals surface area contributed by atoms with Crippen molar-refractivity contribution in [3.63, 3.8) is 0 Å². The van der Waals surface area contributed by atoms with Crippen LogP contribution in [0.1, 0.15) is 16.8 Å². The number of halogens is 1. The van der Waals surface area contributed by atoms with E-state index in [4.69, 9.17) is 16.3 Å². The average molecular weight is 240 g/mol. The van der Waals surface area contributed by atoms with E-state index in [-0.39, 0.29) is 0 Å². The predicted octanol–water partition coefficient (Wildman–Crippen LogP) is 2.38. The van der Waals surface area contributed by atoms with Crippen LogP contribution >= 0.6 is 11.6 Å². The van der Waals surface area contributed by atoms with Gasteiger partial charge in [-0.1, -0.05) is 11.6 Å². The molecule has 1 aliphatic heterocycles. The summed E-state index contributed by atoms with van der Waals surface area (Å²) in [6, 6.07) is 5.34. The lowest BCUT2D eigenvalue weighted by atomic mass is 10.1. The fourth-order valence-electron chi connectivity index (χ4n) is 1.88. The molecule has 0 N–H and O–H groups in total. The number of benzene rings is 1. The van der Waals surface area contributed by atoms with Crippen molar-refractivity contribution in [2.75, 3.05) is 31.2 Å². The minimum absolute atomic E-state index is 0.658. The predicted molar refractivity (Wildman–Crippen MR) is 64.5 cm³/mol. The number of nitrogens with zero attached hydrogens (tertiary/aromatic N) is 1. The number of hydrogen-bond donors (Lipinski definition) is 0. The number of anilines is 1. The standard InChI is InChI=1S/C12H14ClNO2/c13-11-3-2-10(9-15)12(8-11)14-4-1-6-16-7-5-14/h2-3,8-9H,1,4-7H2. The van der Waals surface area contributed by atoms with Crippen molar-refractivity contribution in [2.45, 2.75) is 6.42 Å². The first-order valence-corrected chi connectivity index (χ1v) is 5.76. The van der Waals surface area contributed by atoms with Crippen LogP contribution < -0.4 is 4.90 Å². The Morgan fingerprint density at radius 1 is 1.31 bits per heavy atom. The summed E-state index contributed by atoms with van der Waals surface area (Å²) in [5.74, 6) is 0. The zero-order valence-electron chi connectivity index (χ0n) is 8.99. The zero-order chi connectivity index (χ0) is 11.4. The van der Waals surface area contributed by atoms with Gasteiger partial charge in [-0.3, -0.25) is 4.79 Å². The Morgan fingerprint density at radius 2 is 2.19 bits per heavy atom. The van der Waals surface area contributed by atoms with E-state index in [0.717, 1.165) is 38.1 Å². The van der Waals surface area contributed by atoms with E-state index in [2.05, 4.69) is 4.90 Å². The highest BCUT2D eigenvalue weighted by Gasteiger charge is 2.13. The van der Waals surface area contributed by atoms with Crippen molar-refractivity contribution in [1.29, 1.82) is 0 Å². The molecule has 0 radical (unpaired) electrons. The Balaban J connectivity index is 2.29.